The molecule has 2 unspecified atom stereocenters. The maximum atomic E-state index is 13.7. The van der Waals surface area contributed by atoms with Crippen molar-refractivity contribution >= 4 is 23.3 Å². The van der Waals surface area contributed by atoms with Crippen LogP contribution in [0, 0.1) is 5.82 Å². The van der Waals surface area contributed by atoms with Crippen molar-refractivity contribution in [3.63, 3.8) is 0 Å². The van der Waals surface area contributed by atoms with E-state index in [0.717, 1.165) is 0 Å². The van der Waals surface area contributed by atoms with Gasteiger partial charge in [0.05, 0.1) is 24.9 Å². The van der Waals surface area contributed by atoms with Crippen LogP contribution in [0.4, 0.5) is 4.39 Å². The number of aliphatic hydroxyl groups is 1. The lowest BCUT2D eigenvalue weighted by molar-refractivity contribution is -0.132. The first-order chi connectivity index (χ1) is 18.5. The molecule has 0 radical (unpaired) electrons. The molecular weight excluding hydrogens is 527 g/mol. The van der Waals surface area contributed by atoms with Crippen LogP contribution >= 0.6 is 11.6 Å². The molecule has 10 heteroatoms. The molecule has 1 amide bonds. The molecule has 1 fully saturated rings. The minimum atomic E-state index is -1.46. The second kappa shape index (κ2) is 11.6. The van der Waals surface area contributed by atoms with Crippen molar-refractivity contribution in [3.8, 4) is 28.5 Å². The summed E-state index contributed by atoms with van der Waals surface area (Å²) in [5.41, 5.74) is 0.152. The van der Waals surface area contributed by atoms with Crippen LogP contribution in [-0.4, -0.2) is 60.6 Å². The number of carbonyl (C=O) groups is 2. The first kappa shape index (κ1) is 28.3. The smallest absolute Gasteiger partial charge is 0.263 e. The van der Waals surface area contributed by atoms with E-state index in [9.17, 15) is 19.1 Å². The fourth-order valence-electron chi connectivity index (χ4n) is 4.38. The average Bonchev–Trinajstić information content (AvgIpc) is 3.25. The van der Waals surface area contributed by atoms with E-state index >= 15 is 0 Å². The van der Waals surface area contributed by atoms with E-state index in [1.165, 1.54) is 32.4 Å². The van der Waals surface area contributed by atoms with Gasteiger partial charge in [0.1, 0.15) is 22.9 Å². The van der Waals surface area contributed by atoms with Gasteiger partial charge in [-0.05, 0) is 61.9 Å². The van der Waals surface area contributed by atoms with Gasteiger partial charge in [-0.3, -0.25) is 9.59 Å². The molecule has 1 aliphatic rings. The number of likely N-dealkylation sites (tertiary alicyclic amines) is 1. The molecule has 4 rings (SSSR count). The Morgan fingerprint density at radius 2 is 1.85 bits per heavy atom. The number of carbonyl (C=O) groups excluding carboxylic acids is 2. The SMILES string of the molecule is COc1cc(C(=O)CCC(C)(O)c2ccc(OC)c(-c3ccc(F)c(Cl)c3)n2)ccc1OC1CCN(C)C1=O. The van der Waals surface area contributed by atoms with E-state index in [2.05, 4.69) is 4.98 Å². The zero-order chi connectivity index (χ0) is 28.3. The first-order valence-corrected chi connectivity index (χ1v) is 12.8. The standard InChI is InChI=1S/C29H30ClFN2O6/c1-29(36,26-10-9-23(37-3)27(32-26)18-5-7-20(31)19(30)15-18)13-11-21(34)17-6-8-22(25(16-17)38-4)39-24-12-14-33(2)28(24)35/h5-10,15-16,24,36H,11-14H2,1-4H3. The number of hydrogen-bond acceptors (Lipinski definition) is 7. The van der Waals surface area contributed by atoms with E-state index in [4.69, 9.17) is 25.8 Å². The second-order valence-electron chi connectivity index (χ2n) is 9.59. The molecule has 3 aromatic rings. The summed E-state index contributed by atoms with van der Waals surface area (Å²) in [5, 5.41) is 11.2. The van der Waals surface area contributed by atoms with Crippen LogP contribution in [0.25, 0.3) is 11.3 Å². The van der Waals surface area contributed by atoms with Gasteiger partial charge in [0.15, 0.2) is 23.4 Å². The number of nitrogens with zero attached hydrogens (tertiary/aromatic N) is 2. The van der Waals surface area contributed by atoms with E-state index in [1.807, 2.05) is 0 Å². The quantitative estimate of drug-likeness (QED) is 0.349. The molecule has 2 atom stereocenters. The summed E-state index contributed by atoms with van der Waals surface area (Å²) in [5.74, 6) is 0.276. The Balaban J connectivity index is 1.49. The van der Waals surface area contributed by atoms with Crippen molar-refractivity contribution in [2.45, 2.75) is 37.9 Å². The minimum absolute atomic E-state index is 0.0215. The van der Waals surface area contributed by atoms with Crippen molar-refractivity contribution < 1.29 is 33.3 Å². The van der Waals surface area contributed by atoms with Gasteiger partial charge in [0.2, 0.25) is 0 Å². The Morgan fingerprint density at radius 3 is 2.49 bits per heavy atom. The summed E-state index contributed by atoms with van der Waals surface area (Å²) in [7, 11) is 4.67. The van der Waals surface area contributed by atoms with Crippen molar-refractivity contribution in [1.82, 2.24) is 9.88 Å². The maximum absolute atomic E-state index is 13.7. The number of likely N-dealkylation sites (N-methyl/N-ethyl adjacent to an activating group) is 1. The molecule has 0 bridgehead atoms. The Labute approximate surface area is 231 Å². The van der Waals surface area contributed by atoms with Crippen LogP contribution in [0.15, 0.2) is 48.5 Å². The Morgan fingerprint density at radius 1 is 1.13 bits per heavy atom. The average molecular weight is 557 g/mol. The summed E-state index contributed by atoms with van der Waals surface area (Å²) < 4.78 is 30.3. The van der Waals surface area contributed by atoms with Gasteiger partial charge in [-0.25, -0.2) is 9.37 Å². The summed E-state index contributed by atoms with van der Waals surface area (Å²) in [6.45, 7) is 2.19. The third kappa shape index (κ3) is 6.15. The van der Waals surface area contributed by atoms with Crippen molar-refractivity contribution in [2.24, 2.45) is 0 Å². The third-order valence-corrected chi connectivity index (χ3v) is 7.08. The lowest BCUT2D eigenvalue weighted by Gasteiger charge is -2.24. The number of hydrogen-bond donors (Lipinski definition) is 1. The molecule has 2 heterocycles. The van der Waals surface area contributed by atoms with Gasteiger partial charge >= 0.3 is 0 Å². The van der Waals surface area contributed by atoms with Crippen molar-refractivity contribution in [2.75, 3.05) is 27.8 Å². The number of pyridine rings is 1. The van der Waals surface area contributed by atoms with Crippen LogP contribution in [0.5, 0.6) is 17.2 Å². The molecule has 1 N–H and O–H groups in total. The molecule has 0 spiro atoms. The van der Waals surface area contributed by atoms with Gasteiger partial charge < -0.3 is 24.2 Å². The zero-order valence-electron chi connectivity index (χ0n) is 22.2. The molecule has 0 aliphatic carbocycles. The highest BCUT2D eigenvalue weighted by Gasteiger charge is 2.32. The molecule has 1 saturated heterocycles. The topological polar surface area (TPSA) is 98.2 Å². The predicted molar refractivity (Wildman–Crippen MR) is 144 cm³/mol. The predicted octanol–water partition coefficient (Wildman–Crippen LogP) is 5.04. The fraction of sp³-hybridized carbons (Fsp3) is 0.345. The number of aromatic nitrogens is 1. The maximum Gasteiger partial charge on any atom is 0.263 e. The number of amides is 1. The van der Waals surface area contributed by atoms with E-state index in [0.29, 0.717) is 52.7 Å². The van der Waals surface area contributed by atoms with Crippen LogP contribution in [-0.2, 0) is 10.4 Å². The lowest BCUT2D eigenvalue weighted by atomic mass is 9.92. The Bertz CT molecular complexity index is 1400. The number of ketones is 1. The highest BCUT2D eigenvalue weighted by molar-refractivity contribution is 6.31. The normalized spacial score (nSPS) is 16.6. The molecule has 1 aromatic heterocycles. The van der Waals surface area contributed by atoms with Gasteiger partial charge in [-0.1, -0.05) is 11.6 Å². The van der Waals surface area contributed by atoms with E-state index in [-0.39, 0.29) is 29.6 Å². The third-order valence-electron chi connectivity index (χ3n) is 6.80. The number of rotatable bonds is 10. The number of halogens is 2. The highest BCUT2D eigenvalue weighted by Crippen LogP contribution is 2.35. The summed E-state index contributed by atoms with van der Waals surface area (Å²) in [6.07, 6.45) is 0.0866. The number of methoxy groups -OCH3 is 2. The van der Waals surface area contributed by atoms with Gasteiger partial charge in [-0.15, -0.1) is 0 Å². The van der Waals surface area contributed by atoms with Crippen molar-refractivity contribution in [1.29, 1.82) is 0 Å². The second-order valence-corrected chi connectivity index (χ2v) is 10.0. The molecule has 1 aliphatic heterocycles. The molecular formula is C29H30ClFN2O6. The molecule has 206 valence electrons. The first-order valence-electron chi connectivity index (χ1n) is 12.4. The van der Waals surface area contributed by atoms with Gasteiger partial charge in [0.25, 0.3) is 5.91 Å². The summed E-state index contributed by atoms with van der Waals surface area (Å²) in [4.78, 5) is 31.4. The van der Waals surface area contributed by atoms with Crippen LogP contribution in [0.2, 0.25) is 5.02 Å². The Kier molecular flexibility index (Phi) is 8.42. The molecule has 8 nitrogen and oxygen atoms in total. The Hall–Kier alpha value is -3.69. The lowest BCUT2D eigenvalue weighted by Crippen LogP contribution is -2.29. The summed E-state index contributed by atoms with van der Waals surface area (Å²) in [6, 6.07) is 12.3. The van der Waals surface area contributed by atoms with Gasteiger partial charge in [-0.2, -0.15) is 0 Å². The number of benzene rings is 2. The van der Waals surface area contributed by atoms with Crippen LogP contribution in [0.1, 0.15) is 42.2 Å². The molecule has 39 heavy (non-hydrogen) atoms. The summed E-state index contributed by atoms with van der Waals surface area (Å²) >= 11 is 5.95. The van der Waals surface area contributed by atoms with E-state index in [1.54, 1.807) is 49.2 Å². The zero-order valence-corrected chi connectivity index (χ0v) is 22.9. The molecule has 2 aromatic carbocycles. The fourth-order valence-corrected chi connectivity index (χ4v) is 4.56. The van der Waals surface area contributed by atoms with E-state index < -0.39 is 17.5 Å². The van der Waals surface area contributed by atoms with Gasteiger partial charge in [0, 0.05) is 37.6 Å². The number of ether oxygens (including phenoxy) is 3. The number of Topliss-reactive ketones (excluding diaryl/α,β-unsaturated/α-hetero) is 1. The van der Waals surface area contributed by atoms with Crippen LogP contribution < -0.4 is 14.2 Å². The minimum Gasteiger partial charge on any atom is -0.494 e. The largest absolute Gasteiger partial charge is 0.494 e. The highest BCUT2D eigenvalue weighted by atomic mass is 35.5. The monoisotopic (exact) mass is 556 g/mol. The van der Waals surface area contributed by atoms with Crippen LogP contribution in [0.3, 0.4) is 0 Å². The van der Waals surface area contributed by atoms with Crippen molar-refractivity contribution in [3.05, 3.63) is 70.6 Å². The molecule has 0 saturated carbocycles.